The number of carbonyl (C=O) groups is 2. The fraction of sp³-hybridized carbons (Fsp3) is 0.111. The first kappa shape index (κ1) is 20.0. The van der Waals surface area contributed by atoms with E-state index < -0.39 is 22.0 Å². The van der Waals surface area contributed by atoms with E-state index in [-0.39, 0.29) is 10.6 Å². The molecule has 2 rings (SSSR count). The number of hydrogen-bond acceptors (Lipinski definition) is 7. The number of nitrogens with one attached hydrogen (secondary N) is 2. The molecule has 0 atom stereocenters. The number of rotatable bonds is 7. The van der Waals surface area contributed by atoms with E-state index in [0.29, 0.717) is 11.4 Å². The minimum absolute atomic E-state index is 0.0356. The van der Waals surface area contributed by atoms with Crippen LogP contribution >= 0.6 is 0 Å². The molecule has 0 heterocycles. The molecule has 0 unspecified atom stereocenters. The summed E-state index contributed by atoms with van der Waals surface area (Å²) < 4.78 is 36.3. The summed E-state index contributed by atoms with van der Waals surface area (Å²) in [6.07, 6.45) is 0.938. The monoisotopic (exact) mass is 390 g/mol. The third kappa shape index (κ3) is 5.58. The predicted octanol–water partition coefficient (Wildman–Crippen LogP) is 2.13. The Morgan fingerprint density at radius 3 is 2.07 bits per heavy atom. The molecule has 0 saturated carbocycles. The normalized spacial score (nSPS) is 11.4. The summed E-state index contributed by atoms with van der Waals surface area (Å²) >= 11 is 0. The molecule has 2 N–H and O–H groups in total. The van der Waals surface area contributed by atoms with Crippen LogP contribution in [0.25, 0.3) is 0 Å². The maximum Gasteiger partial charge on any atom is 0.354 e. The van der Waals surface area contributed by atoms with Gasteiger partial charge in [0.1, 0.15) is 5.70 Å². The van der Waals surface area contributed by atoms with Gasteiger partial charge in [-0.05, 0) is 36.4 Å². The molecule has 0 fully saturated rings. The second-order valence-electron chi connectivity index (χ2n) is 5.19. The summed E-state index contributed by atoms with van der Waals surface area (Å²) in [7, 11) is -1.42. The summed E-state index contributed by atoms with van der Waals surface area (Å²) in [6.45, 7) is 0. The maximum atomic E-state index is 12.4. The van der Waals surface area contributed by atoms with Gasteiger partial charge in [0, 0.05) is 11.4 Å². The summed E-state index contributed by atoms with van der Waals surface area (Å²) in [6, 6.07) is 14.1. The second kappa shape index (κ2) is 8.86. The van der Waals surface area contributed by atoms with Crippen LogP contribution in [0.3, 0.4) is 0 Å². The Labute approximate surface area is 156 Å². The largest absolute Gasteiger partial charge is 0.466 e. The Balaban J connectivity index is 2.19. The molecular weight excluding hydrogens is 372 g/mol. The first-order valence-electron chi connectivity index (χ1n) is 7.68. The van der Waals surface area contributed by atoms with Gasteiger partial charge in [0.2, 0.25) is 0 Å². The van der Waals surface area contributed by atoms with Gasteiger partial charge in [-0.1, -0.05) is 18.2 Å². The SMILES string of the molecule is COC(=O)/C=C(/Nc1ccc(S(=O)(=O)Nc2ccccc2)cc1)C(=O)OC. The van der Waals surface area contributed by atoms with Gasteiger partial charge in [0.05, 0.1) is 25.2 Å². The van der Waals surface area contributed by atoms with E-state index in [0.717, 1.165) is 6.08 Å². The second-order valence-corrected chi connectivity index (χ2v) is 6.88. The Hall–Kier alpha value is -3.33. The summed E-state index contributed by atoms with van der Waals surface area (Å²) in [5.41, 5.74) is 0.672. The van der Waals surface area contributed by atoms with Crippen molar-refractivity contribution in [3.8, 4) is 0 Å². The molecule has 0 bridgehead atoms. The van der Waals surface area contributed by atoms with Crippen LogP contribution in [0.5, 0.6) is 0 Å². The average Bonchev–Trinajstić information content (AvgIpc) is 2.67. The molecule has 0 aliphatic rings. The number of carbonyl (C=O) groups excluding carboxylic acids is 2. The number of benzene rings is 2. The average molecular weight is 390 g/mol. The van der Waals surface area contributed by atoms with Crippen LogP contribution < -0.4 is 10.0 Å². The van der Waals surface area contributed by atoms with Gasteiger partial charge in [0.15, 0.2) is 0 Å². The number of anilines is 2. The Morgan fingerprint density at radius 1 is 0.889 bits per heavy atom. The van der Waals surface area contributed by atoms with Gasteiger partial charge < -0.3 is 14.8 Å². The van der Waals surface area contributed by atoms with Crippen LogP contribution in [-0.4, -0.2) is 34.6 Å². The summed E-state index contributed by atoms with van der Waals surface area (Å²) in [4.78, 5) is 23.1. The van der Waals surface area contributed by atoms with Gasteiger partial charge in [0.25, 0.3) is 10.0 Å². The van der Waals surface area contributed by atoms with Crippen LogP contribution in [-0.2, 0) is 29.1 Å². The molecule has 0 aliphatic heterocycles. The topological polar surface area (TPSA) is 111 Å². The number of methoxy groups -OCH3 is 2. The molecule has 0 radical (unpaired) electrons. The van der Waals surface area contributed by atoms with Gasteiger partial charge in [-0.2, -0.15) is 0 Å². The lowest BCUT2D eigenvalue weighted by Crippen LogP contribution is -2.16. The fourth-order valence-corrected chi connectivity index (χ4v) is 3.08. The van der Waals surface area contributed by atoms with Crippen molar-refractivity contribution in [2.75, 3.05) is 24.3 Å². The molecule has 0 aliphatic carbocycles. The molecule has 0 aromatic heterocycles. The lowest BCUT2D eigenvalue weighted by molar-refractivity contribution is -0.138. The van der Waals surface area contributed by atoms with Crippen LogP contribution in [0.4, 0.5) is 11.4 Å². The highest BCUT2D eigenvalue weighted by Crippen LogP contribution is 2.19. The summed E-state index contributed by atoms with van der Waals surface area (Å²) in [5, 5.41) is 2.69. The molecule has 0 spiro atoms. The van der Waals surface area contributed by atoms with Crippen molar-refractivity contribution in [1.29, 1.82) is 0 Å². The van der Waals surface area contributed by atoms with Gasteiger partial charge >= 0.3 is 11.9 Å². The van der Waals surface area contributed by atoms with E-state index in [1.54, 1.807) is 30.3 Å². The van der Waals surface area contributed by atoms with Crippen molar-refractivity contribution in [2.24, 2.45) is 0 Å². The lowest BCUT2D eigenvalue weighted by atomic mass is 10.3. The smallest absolute Gasteiger partial charge is 0.354 e. The van der Waals surface area contributed by atoms with Crippen molar-refractivity contribution >= 4 is 33.3 Å². The molecule has 8 nitrogen and oxygen atoms in total. The molecule has 142 valence electrons. The molecule has 0 amide bonds. The fourth-order valence-electron chi connectivity index (χ4n) is 2.03. The van der Waals surface area contributed by atoms with E-state index in [2.05, 4.69) is 19.5 Å². The summed E-state index contributed by atoms with van der Waals surface area (Å²) in [5.74, 6) is -1.52. The number of ether oxygens (including phenoxy) is 2. The van der Waals surface area contributed by atoms with Crippen molar-refractivity contribution in [3.05, 3.63) is 66.4 Å². The zero-order valence-corrected chi connectivity index (χ0v) is 15.4. The molecule has 0 saturated heterocycles. The Bertz CT molecular complexity index is 938. The zero-order chi connectivity index (χ0) is 19.9. The number of sulfonamides is 1. The van der Waals surface area contributed by atoms with Crippen LogP contribution in [0.2, 0.25) is 0 Å². The number of hydrogen-bond donors (Lipinski definition) is 2. The van der Waals surface area contributed by atoms with Crippen molar-refractivity contribution in [2.45, 2.75) is 4.90 Å². The van der Waals surface area contributed by atoms with Gasteiger partial charge in [-0.3, -0.25) is 4.72 Å². The highest BCUT2D eigenvalue weighted by Gasteiger charge is 2.16. The Morgan fingerprint density at radius 2 is 1.52 bits per heavy atom. The van der Waals surface area contributed by atoms with Crippen molar-refractivity contribution < 1.29 is 27.5 Å². The van der Waals surface area contributed by atoms with Crippen LogP contribution in [0, 0.1) is 0 Å². The highest BCUT2D eigenvalue weighted by atomic mass is 32.2. The number of esters is 2. The number of para-hydroxylation sites is 1. The highest BCUT2D eigenvalue weighted by molar-refractivity contribution is 7.92. The third-order valence-corrected chi connectivity index (χ3v) is 4.74. The lowest BCUT2D eigenvalue weighted by Gasteiger charge is -2.11. The molecule has 27 heavy (non-hydrogen) atoms. The van der Waals surface area contributed by atoms with Gasteiger partial charge in [-0.15, -0.1) is 0 Å². The van der Waals surface area contributed by atoms with Gasteiger partial charge in [-0.25, -0.2) is 18.0 Å². The van der Waals surface area contributed by atoms with E-state index >= 15 is 0 Å². The third-order valence-electron chi connectivity index (χ3n) is 3.34. The van der Waals surface area contributed by atoms with E-state index in [1.165, 1.54) is 38.5 Å². The first-order valence-corrected chi connectivity index (χ1v) is 9.17. The first-order chi connectivity index (χ1) is 12.9. The van der Waals surface area contributed by atoms with E-state index in [9.17, 15) is 18.0 Å². The molecular formula is C18H18N2O6S. The zero-order valence-electron chi connectivity index (χ0n) is 14.6. The molecule has 9 heteroatoms. The maximum absolute atomic E-state index is 12.4. The van der Waals surface area contributed by atoms with Crippen molar-refractivity contribution in [3.63, 3.8) is 0 Å². The molecule has 2 aromatic rings. The molecule has 2 aromatic carbocycles. The van der Waals surface area contributed by atoms with Crippen LogP contribution in [0.1, 0.15) is 0 Å². The van der Waals surface area contributed by atoms with Crippen molar-refractivity contribution in [1.82, 2.24) is 0 Å². The van der Waals surface area contributed by atoms with E-state index in [1.807, 2.05) is 0 Å². The van der Waals surface area contributed by atoms with E-state index in [4.69, 9.17) is 0 Å². The minimum Gasteiger partial charge on any atom is -0.466 e. The minimum atomic E-state index is -3.76. The van der Waals surface area contributed by atoms with Crippen LogP contribution in [0.15, 0.2) is 71.3 Å². The quantitative estimate of drug-likeness (QED) is 0.550. The standard InChI is InChI=1S/C18H18N2O6S/c1-25-17(21)12-16(18(22)26-2)19-13-8-10-15(11-9-13)27(23,24)20-14-6-4-3-5-7-14/h3-12,19-20H,1-2H3/b16-12+. The Kier molecular flexibility index (Phi) is 6.56. The predicted molar refractivity (Wildman–Crippen MR) is 99.4 cm³/mol.